The lowest BCUT2D eigenvalue weighted by Gasteiger charge is -2.22. The zero-order valence-electron chi connectivity index (χ0n) is 7.53. The van der Waals surface area contributed by atoms with Gasteiger partial charge in [0.05, 0.1) is 5.69 Å². The van der Waals surface area contributed by atoms with Crippen molar-refractivity contribution >= 4 is 5.82 Å². The Morgan fingerprint density at radius 1 is 1.23 bits per heavy atom. The molecule has 0 unspecified atom stereocenters. The summed E-state index contributed by atoms with van der Waals surface area (Å²) in [6.07, 6.45) is 5.58. The van der Waals surface area contributed by atoms with Crippen molar-refractivity contribution in [2.45, 2.75) is 18.8 Å². The van der Waals surface area contributed by atoms with E-state index < -0.39 is 0 Å². The van der Waals surface area contributed by atoms with Crippen LogP contribution in [0.2, 0.25) is 0 Å². The molecule has 1 fully saturated rings. The minimum Gasteiger partial charge on any atom is -0.382 e. The zero-order valence-corrected chi connectivity index (χ0v) is 7.53. The molecule has 0 spiro atoms. The van der Waals surface area contributed by atoms with Crippen molar-refractivity contribution in [1.82, 2.24) is 15.3 Å². The van der Waals surface area contributed by atoms with E-state index in [-0.39, 0.29) is 0 Å². The molecule has 0 aromatic carbocycles. The Hall–Kier alpha value is -1.16. The molecule has 1 aliphatic rings. The van der Waals surface area contributed by atoms with Crippen molar-refractivity contribution in [3.8, 4) is 0 Å². The van der Waals surface area contributed by atoms with Gasteiger partial charge in [0.2, 0.25) is 0 Å². The molecule has 1 saturated heterocycles. The van der Waals surface area contributed by atoms with Crippen LogP contribution in [0.5, 0.6) is 0 Å². The van der Waals surface area contributed by atoms with Gasteiger partial charge in [-0.05, 0) is 25.9 Å². The van der Waals surface area contributed by atoms with Gasteiger partial charge in [0.1, 0.15) is 5.82 Å². The Labute approximate surface area is 77.6 Å². The van der Waals surface area contributed by atoms with Crippen molar-refractivity contribution in [3.05, 3.63) is 18.1 Å². The van der Waals surface area contributed by atoms with E-state index in [0.29, 0.717) is 11.7 Å². The van der Waals surface area contributed by atoms with E-state index in [1.807, 2.05) is 0 Å². The van der Waals surface area contributed by atoms with Crippen LogP contribution >= 0.6 is 0 Å². The summed E-state index contributed by atoms with van der Waals surface area (Å²) in [7, 11) is 0. The molecule has 1 aromatic heterocycles. The molecule has 70 valence electrons. The van der Waals surface area contributed by atoms with Crippen LogP contribution < -0.4 is 11.1 Å². The Kier molecular flexibility index (Phi) is 2.40. The Bertz CT molecular complexity index is 281. The van der Waals surface area contributed by atoms with E-state index in [1.54, 1.807) is 12.4 Å². The molecule has 0 amide bonds. The molecule has 0 radical (unpaired) electrons. The first-order chi connectivity index (χ1) is 6.38. The summed E-state index contributed by atoms with van der Waals surface area (Å²) in [6.45, 7) is 2.11. The zero-order chi connectivity index (χ0) is 9.10. The molecule has 2 heterocycles. The van der Waals surface area contributed by atoms with Crippen LogP contribution in [-0.2, 0) is 0 Å². The number of hydrogen-bond donors (Lipinski definition) is 2. The molecular weight excluding hydrogens is 164 g/mol. The number of hydrogen-bond acceptors (Lipinski definition) is 4. The summed E-state index contributed by atoms with van der Waals surface area (Å²) in [5.41, 5.74) is 6.73. The third-order valence-electron chi connectivity index (χ3n) is 2.48. The molecule has 0 saturated carbocycles. The number of piperidine rings is 1. The van der Waals surface area contributed by atoms with Crippen molar-refractivity contribution in [2.75, 3.05) is 18.8 Å². The summed E-state index contributed by atoms with van der Waals surface area (Å²) in [5.74, 6) is 1.09. The van der Waals surface area contributed by atoms with E-state index >= 15 is 0 Å². The van der Waals surface area contributed by atoms with Crippen LogP contribution in [0, 0.1) is 0 Å². The Balaban J connectivity index is 2.18. The summed E-state index contributed by atoms with van der Waals surface area (Å²) in [5, 5.41) is 3.31. The molecule has 4 nitrogen and oxygen atoms in total. The molecule has 0 atom stereocenters. The van der Waals surface area contributed by atoms with Crippen LogP contribution in [0.4, 0.5) is 5.82 Å². The smallest absolute Gasteiger partial charge is 0.145 e. The molecular formula is C9H14N4. The standard InChI is InChI=1S/C9H14N4/c10-9-8(12-5-6-13-9)7-1-3-11-4-2-7/h5-7,11H,1-4H2,(H2,10,13). The van der Waals surface area contributed by atoms with Gasteiger partial charge in [-0.25, -0.2) is 4.98 Å². The number of nitrogen functional groups attached to an aromatic ring is 1. The van der Waals surface area contributed by atoms with Crippen molar-refractivity contribution in [1.29, 1.82) is 0 Å². The predicted octanol–water partition coefficient (Wildman–Crippen LogP) is 0.526. The monoisotopic (exact) mass is 178 g/mol. The number of nitrogens with one attached hydrogen (secondary N) is 1. The van der Waals surface area contributed by atoms with Gasteiger partial charge in [0.25, 0.3) is 0 Å². The van der Waals surface area contributed by atoms with Gasteiger partial charge in [-0.2, -0.15) is 0 Å². The van der Waals surface area contributed by atoms with Crippen LogP contribution in [-0.4, -0.2) is 23.1 Å². The molecule has 0 bridgehead atoms. The predicted molar refractivity (Wildman–Crippen MR) is 51.3 cm³/mol. The first kappa shape index (κ1) is 8.44. The average molecular weight is 178 g/mol. The number of nitrogens with two attached hydrogens (primary N) is 1. The minimum atomic E-state index is 0.495. The molecule has 4 heteroatoms. The SMILES string of the molecule is Nc1nccnc1C1CCNCC1. The van der Waals surface area contributed by atoms with Gasteiger partial charge in [-0.15, -0.1) is 0 Å². The van der Waals surface area contributed by atoms with E-state index in [2.05, 4.69) is 15.3 Å². The highest BCUT2D eigenvalue weighted by Gasteiger charge is 2.18. The second-order valence-corrected chi connectivity index (χ2v) is 3.35. The third kappa shape index (κ3) is 1.78. The third-order valence-corrected chi connectivity index (χ3v) is 2.48. The van der Waals surface area contributed by atoms with Crippen LogP contribution in [0.3, 0.4) is 0 Å². The van der Waals surface area contributed by atoms with Crippen molar-refractivity contribution < 1.29 is 0 Å². The van der Waals surface area contributed by atoms with Gasteiger partial charge in [-0.3, -0.25) is 4.98 Å². The highest BCUT2D eigenvalue weighted by atomic mass is 14.9. The summed E-state index contributed by atoms with van der Waals surface area (Å²) in [4.78, 5) is 8.34. The lowest BCUT2D eigenvalue weighted by atomic mass is 9.94. The second kappa shape index (κ2) is 3.70. The van der Waals surface area contributed by atoms with Gasteiger partial charge in [0.15, 0.2) is 0 Å². The largest absolute Gasteiger partial charge is 0.382 e. The number of rotatable bonds is 1. The lowest BCUT2D eigenvalue weighted by Crippen LogP contribution is -2.27. The number of nitrogens with zero attached hydrogens (tertiary/aromatic N) is 2. The maximum absolute atomic E-state index is 5.76. The molecule has 1 aliphatic heterocycles. The van der Waals surface area contributed by atoms with Crippen molar-refractivity contribution in [3.63, 3.8) is 0 Å². The van der Waals surface area contributed by atoms with Gasteiger partial charge in [-0.1, -0.05) is 0 Å². The van der Waals surface area contributed by atoms with Gasteiger partial charge in [0, 0.05) is 18.3 Å². The van der Waals surface area contributed by atoms with E-state index in [0.717, 1.165) is 31.6 Å². The van der Waals surface area contributed by atoms with Crippen LogP contribution in [0.25, 0.3) is 0 Å². The molecule has 3 N–H and O–H groups in total. The van der Waals surface area contributed by atoms with E-state index in [4.69, 9.17) is 5.73 Å². The maximum atomic E-state index is 5.76. The summed E-state index contributed by atoms with van der Waals surface area (Å²) in [6, 6.07) is 0. The number of anilines is 1. The van der Waals surface area contributed by atoms with Gasteiger partial charge >= 0.3 is 0 Å². The van der Waals surface area contributed by atoms with Gasteiger partial charge < -0.3 is 11.1 Å². The lowest BCUT2D eigenvalue weighted by molar-refractivity contribution is 0.453. The fourth-order valence-corrected chi connectivity index (χ4v) is 1.77. The van der Waals surface area contributed by atoms with Crippen molar-refractivity contribution in [2.24, 2.45) is 0 Å². The van der Waals surface area contributed by atoms with E-state index in [1.165, 1.54) is 0 Å². The molecule has 13 heavy (non-hydrogen) atoms. The first-order valence-corrected chi connectivity index (χ1v) is 4.65. The van der Waals surface area contributed by atoms with Crippen LogP contribution in [0.15, 0.2) is 12.4 Å². The maximum Gasteiger partial charge on any atom is 0.145 e. The number of aromatic nitrogens is 2. The molecule has 2 rings (SSSR count). The average Bonchev–Trinajstić information content (AvgIpc) is 2.20. The highest BCUT2D eigenvalue weighted by Crippen LogP contribution is 2.25. The Morgan fingerprint density at radius 3 is 2.62 bits per heavy atom. The summed E-state index contributed by atoms with van der Waals surface area (Å²) >= 11 is 0. The molecule has 0 aliphatic carbocycles. The summed E-state index contributed by atoms with van der Waals surface area (Å²) < 4.78 is 0. The second-order valence-electron chi connectivity index (χ2n) is 3.35. The normalized spacial score (nSPS) is 18.8. The Morgan fingerprint density at radius 2 is 1.92 bits per heavy atom. The topological polar surface area (TPSA) is 63.8 Å². The highest BCUT2D eigenvalue weighted by molar-refractivity contribution is 5.35. The first-order valence-electron chi connectivity index (χ1n) is 4.65. The van der Waals surface area contributed by atoms with Crippen LogP contribution in [0.1, 0.15) is 24.5 Å². The fraction of sp³-hybridized carbons (Fsp3) is 0.556. The quantitative estimate of drug-likeness (QED) is 0.658. The van der Waals surface area contributed by atoms with E-state index in [9.17, 15) is 0 Å². The molecule has 1 aromatic rings. The fourth-order valence-electron chi connectivity index (χ4n) is 1.77. The minimum absolute atomic E-state index is 0.495.